The first kappa shape index (κ1) is 31.8. The molecule has 0 radical (unpaired) electrons. The summed E-state index contributed by atoms with van der Waals surface area (Å²) in [7, 11) is -8.44. The fourth-order valence-electron chi connectivity index (χ4n) is 4.87. The molecule has 44 heavy (non-hydrogen) atoms. The predicted molar refractivity (Wildman–Crippen MR) is 149 cm³/mol. The van der Waals surface area contributed by atoms with E-state index in [1.807, 2.05) is 0 Å². The molecule has 3 aromatic carbocycles. The quantitative estimate of drug-likeness (QED) is 0.145. The van der Waals surface area contributed by atoms with Gasteiger partial charge >= 0.3 is 12.4 Å². The molecule has 0 aliphatic carbocycles. The van der Waals surface area contributed by atoms with Gasteiger partial charge in [-0.15, -0.1) is 10.8 Å². The number of hydrogen-bond donors (Lipinski definition) is 5. The van der Waals surface area contributed by atoms with E-state index in [1.54, 1.807) is 25.1 Å². The maximum atomic E-state index is 13.5. The minimum absolute atomic E-state index is 0.0461. The van der Waals surface area contributed by atoms with Crippen LogP contribution in [0.5, 0.6) is 0 Å². The number of carbonyl (C=O) groups excluding carboxylic acids is 1. The normalized spacial score (nSPS) is 18.8. The summed E-state index contributed by atoms with van der Waals surface area (Å²) >= 11 is 0. The second-order valence-electron chi connectivity index (χ2n) is 10.3. The van der Waals surface area contributed by atoms with E-state index in [-0.39, 0.29) is 36.9 Å². The third kappa shape index (κ3) is 6.56. The van der Waals surface area contributed by atoms with Gasteiger partial charge in [-0.05, 0) is 54.3 Å². The first-order valence-corrected chi connectivity index (χ1v) is 15.9. The first-order chi connectivity index (χ1) is 20.3. The smallest absolute Gasteiger partial charge is 0.341 e. The van der Waals surface area contributed by atoms with Crippen LogP contribution in [0.1, 0.15) is 51.4 Å². The number of para-hydroxylation sites is 1. The Morgan fingerprint density at radius 2 is 1.61 bits per heavy atom. The van der Waals surface area contributed by atoms with Crippen LogP contribution in [0.25, 0.3) is 11.0 Å². The molecule has 1 unspecified atom stereocenters. The van der Waals surface area contributed by atoms with Crippen molar-refractivity contribution in [3.8, 4) is 0 Å². The zero-order chi connectivity index (χ0) is 32.2. The maximum absolute atomic E-state index is 13.5. The number of aryl methyl sites for hydroxylation is 1. The highest BCUT2D eigenvalue weighted by Crippen LogP contribution is 2.56. The molecule has 5 rings (SSSR count). The van der Waals surface area contributed by atoms with E-state index in [0.717, 1.165) is 5.56 Å². The van der Waals surface area contributed by atoms with Gasteiger partial charge < -0.3 is 4.98 Å². The number of halogens is 6. The van der Waals surface area contributed by atoms with Crippen LogP contribution in [0.4, 0.5) is 26.3 Å². The number of carbonyl (C=O) groups is 1. The molecule has 2 heterocycles. The van der Waals surface area contributed by atoms with Gasteiger partial charge in [-0.3, -0.25) is 18.6 Å². The Kier molecular flexibility index (Phi) is 7.99. The average molecular weight is 663 g/mol. The van der Waals surface area contributed by atoms with Crippen molar-refractivity contribution < 1.29 is 48.7 Å². The van der Waals surface area contributed by atoms with Gasteiger partial charge in [0.25, 0.3) is 0 Å². The molecule has 1 amide bonds. The summed E-state index contributed by atoms with van der Waals surface area (Å²) in [4.78, 5) is 17.9. The van der Waals surface area contributed by atoms with Gasteiger partial charge in [-0.25, -0.2) is 18.1 Å². The topological polar surface area (TPSA) is 144 Å². The number of fused-ring (bicyclic) bond motifs is 1. The van der Waals surface area contributed by atoms with Gasteiger partial charge in [-0.1, -0.05) is 36.4 Å². The molecule has 1 aliphatic heterocycles. The molecule has 4 aromatic rings. The van der Waals surface area contributed by atoms with Gasteiger partial charge in [-0.2, -0.15) is 26.3 Å². The maximum Gasteiger partial charge on any atom is 0.416 e. The van der Waals surface area contributed by atoms with Crippen molar-refractivity contribution in [2.75, 3.05) is 0 Å². The highest BCUT2D eigenvalue weighted by Gasteiger charge is 2.40. The molecule has 17 heteroatoms. The van der Waals surface area contributed by atoms with Crippen LogP contribution in [-0.4, -0.2) is 33.4 Å². The third-order valence-electron chi connectivity index (χ3n) is 7.05. The van der Waals surface area contributed by atoms with Crippen LogP contribution in [0.2, 0.25) is 0 Å². The number of nitrogens with zero attached hydrogens (tertiary/aromatic N) is 1. The van der Waals surface area contributed by atoms with E-state index in [9.17, 15) is 48.7 Å². The lowest BCUT2D eigenvalue weighted by Crippen LogP contribution is -2.31. The fourth-order valence-corrected chi connectivity index (χ4v) is 7.62. The SMILES string of the molecule is Cc1cccc2[nH]c([C@H](Cc3ccc(C4CC(=O)NS4(O)O)cc3)NS(=O)(=O)c3cc(C(F)(F)F)cc(C(F)(F)F)c3)nc12. The van der Waals surface area contributed by atoms with Crippen LogP contribution in [0.15, 0.2) is 65.6 Å². The van der Waals surface area contributed by atoms with Gasteiger partial charge in [0.2, 0.25) is 15.9 Å². The summed E-state index contributed by atoms with van der Waals surface area (Å²) in [5.74, 6) is -0.498. The van der Waals surface area contributed by atoms with Crippen molar-refractivity contribution in [2.45, 2.75) is 48.3 Å². The molecule has 2 atom stereocenters. The Morgan fingerprint density at radius 1 is 1.00 bits per heavy atom. The van der Waals surface area contributed by atoms with Gasteiger partial charge in [0.1, 0.15) is 11.1 Å². The van der Waals surface area contributed by atoms with Crippen molar-refractivity contribution in [3.05, 3.63) is 94.3 Å². The van der Waals surface area contributed by atoms with Gasteiger partial charge in [0, 0.05) is 0 Å². The van der Waals surface area contributed by atoms with Crippen LogP contribution in [0, 0.1) is 6.92 Å². The number of rotatable bonds is 7. The second-order valence-corrected chi connectivity index (χ2v) is 13.9. The van der Waals surface area contributed by atoms with Crippen LogP contribution < -0.4 is 9.44 Å². The molecular formula is C27H24F6N4O5S2. The number of hydrogen-bond acceptors (Lipinski definition) is 6. The Labute approximate surface area is 248 Å². The van der Waals surface area contributed by atoms with Crippen molar-refractivity contribution in [3.63, 3.8) is 0 Å². The minimum Gasteiger partial charge on any atom is -0.341 e. The Morgan fingerprint density at radius 3 is 2.14 bits per heavy atom. The molecule has 1 saturated heterocycles. The van der Waals surface area contributed by atoms with Crippen LogP contribution >= 0.6 is 10.8 Å². The number of aromatic amines is 1. The summed E-state index contributed by atoms with van der Waals surface area (Å²) in [6, 6.07) is 9.98. The third-order valence-corrected chi connectivity index (χ3v) is 10.3. The molecule has 0 saturated carbocycles. The van der Waals surface area contributed by atoms with E-state index in [4.69, 9.17) is 0 Å². The summed E-state index contributed by atoms with van der Waals surface area (Å²) in [6.45, 7) is 1.75. The van der Waals surface area contributed by atoms with E-state index >= 15 is 0 Å². The summed E-state index contributed by atoms with van der Waals surface area (Å²) in [5.41, 5.74) is -0.997. The highest BCUT2D eigenvalue weighted by molar-refractivity contribution is 8.23. The molecule has 5 N–H and O–H groups in total. The number of aromatic nitrogens is 2. The number of benzene rings is 3. The molecule has 236 valence electrons. The zero-order valence-corrected chi connectivity index (χ0v) is 24.1. The lowest BCUT2D eigenvalue weighted by Gasteiger charge is -2.32. The average Bonchev–Trinajstić information content (AvgIpc) is 3.48. The van der Waals surface area contributed by atoms with E-state index in [0.29, 0.717) is 22.2 Å². The van der Waals surface area contributed by atoms with Crippen LogP contribution in [0.3, 0.4) is 0 Å². The summed E-state index contributed by atoms with van der Waals surface area (Å²) in [5, 5.41) is -0.916. The highest BCUT2D eigenvalue weighted by atomic mass is 32.3. The van der Waals surface area contributed by atoms with Crippen molar-refractivity contribution >= 4 is 37.7 Å². The lowest BCUT2D eigenvalue weighted by molar-refractivity contribution is -0.143. The van der Waals surface area contributed by atoms with Gasteiger partial charge in [0.05, 0.1) is 39.5 Å². The summed E-state index contributed by atoms with van der Waals surface area (Å²) in [6.07, 6.45) is -10.9. The first-order valence-electron chi connectivity index (χ1n) is 12.8. The Balaban J connectivity index is 1.53. The Hall–Kier alpha value is -3.64. The molecular weight excluding hydrogens is 638 g/mol. The molecule has 9 nitrogen and oxygen atoms in total. The lowest BCUT2D eigenvalue weighted by atomic mass is 10.0. The van der Waals surface area contributed by atoms with E-state index < -0.39 is 66.4 Å². The number of alkyl halides is 6. The van der Waals surface area contributed by atoms with Crippen molar-refractivity contribution in [1.29, 1.82) is 0 Å². The molecule has 1 fully saturated rings. The van der Waals surface area contributed by atoms with Gasteiger partial charge in [0.15, 0.2) is 0 Å². The minimum atomic E-state index is -5.26. The molecule has 0 bridgehead atoms. The molecule has 1 aliphatic rings. The van der Waals surface area contributed by atoms with Crippen LogP contribution in [-0.2, 0) is 33.6 Å². The predicted octanol–water partition coefficient (Wildman–Crippen LogP) is 6.40. The number of imidazole rings is 1. The Bertz CT molecular complexity index is 1810. The van der Waals surface area contributed by atoms with Crippen molar-refractivity contribution in [2.24, 2.45) is 0 Å². The number of sulfonamides is 1. The molecule has 1 aromatic heterocycles. The second kappa shape index (κ2) is 11.1. The monoisotopic (exact) mass is 662 g/mol. The number of amides is 1. The standard InChI is InChI=1S/C27H24F6N4O5S2/c1-14-3-2-4-20-24(14)35-25(34-20)21(9-15-5-7-16(8-6-15)22-13-23(38)37-44(22,41)42)36-43(39,40)19-11-17(26(28,29)30)10-18(12-19)27(31,32)33/h2-8,10-12,21-22,36,41-42H,9,13H2,1H3,(H,34,35)(H,37,38)/t21-,22?/m0/s1. The largest absolute Gasteiger partial charge is 0.416 e. The number of H-pyrrole nitrogens is 1. The van der Waals surface area contributed by atoms with E-state index in [2.05, 4.69) is 19.4 Å². The van der Waals surface area contributed by atoms with Crippen molar-refractivity contribution in [1.82, 2.24) is 19.4 Å². The zero-order valence-electron chi connectivity index (χ0n) is 22.5. The number of nitrogens with one attached hydrogen (secondary N) is 3. The summed E-state index contributed by atoms with van der Waals surface area (Å²) < 4.78 is 132. The fraction of sp³-hybridized carbons (Fsp3) is 0.259. The molecule has 0 spiro atoms. The van der Waals surface area contributed by atoms with E-state index in [1.165, 1.54) is 24.3 Å².